The third-order valence-corrected chi connectivity index (χ3v) is 3.08. The highest BCUT2D eigenvalue weighted by molar-refractivity contribution is 5.91. The fourth-order valence-corrected chi connectivity index (χ4v) is 1.87. The number of carbonyl (C=O) groups excluding carboxylic acids is 2. The zero-order valence-corrected chi connectivity index (χ0v) is 11.3. The Kier molecular flexibility index (Phi) is 4.72. The average molecular weight is 353 g/mol. The summed E-state index contributed by atoms with van der Waals surface area (Å²) in [5.74, 6) is -14.2. The zero-order chi connectivity index (χ0) is 18.3. The summed E-state index contributed by atoms with van der Waals surface area (Å²) in [5.41, 5.74) is -5.35. The normalized spacial score (nSPS) is 22.8. The van der Waals surface area contributed by atoms with Gasteiger partial charge >= 0.3 is 24.0 Å². The largest absolute Gasteiger partial charge is 0.461 e. The van der Waals surface area contributed by atoms with Gasteiger partial charge in [0.1, 0.15) is 5.70 Å². The summed E-state index contributed by atoms with van der Waals surface area (Å²) in [6.45, 7) is 0.994. The third kappa shape index (κ3) is 2.64. The van der Waals surface area contributed by atoms with E-state index in [0.717, 1.165) is 0 Å². The molecule has 0 spiro atoms. The molecule has 1 amide bonds. The van der Waals surface area contributed by atoms with Gasteiger partial charge in [-0.05, 0) is 13.0 Å². The van der Waals surface area contributed by atoms with Gasteiger partial charge in [0.15, 0.2) is 0 Å². The number of alkyl halides is 7. The van der Waals surface area contributed by atoms with Crippen molar-refractivity contribution in [2.24, 2.45) is 0 Å². The summed E-state index contributed by atoms with van der Waals surface area (Å²) in [6, 6.07) is 0. The van der Waals surface area contributed by atoms with Gasteiger partial charge in [0, 0.05) is 6.42 Å². The molecule has 1 aliphatic heterocycles. The predicted molar refractivity (Wildman–Crippen MR) is 58.1 cm³/mol. The van der Waals surface area contributed by atoms with Crippen LogP contribution in [0.2, 0.25) is 0 Å². The van der Waals surface area contributed by atoms with Gasteiger partial charge in [-0.1, -0.05) is 0 Å². The van der Waals surface area contributed by atoms with E-state index in [1.54, 1.807) is 0 Å². The minimum Gasteiger partial charge on any atom is -0.461 e. The Hall–Kier alpha value is -1.85. The van der Waals surface area contributed by atoms with Crippen LogP contribution in [0.3, 0.4) is 0 Å². The van der Waals surface area contributed by atoms with E-state index in [1.165, 1.54) is 6.92 Å². The lowest BCUT2D eigenvalue weighted by Gasteiger charge is -2.41. The maximum Gasteiger partial charge on any atom is 0.460 e. The molecule has 0 saturated carbocycles. The molecule has 5 nitrogen and oxygen atoms in total. The van der Waals surface area contributed by atoms with Gasteiger partial charge in [0.25, 0.3) is 0 Å². The van der Waals surface area contributed by atoms with Gasteiger partial charge in [-0.25, -0.2) is 4.79 Å². The molecule has 0 aromatic carbocycles. The van der Waals surface area contributed by atoms with Crippen LogP contribution >= 0.6 is 0 Å². The van der Waals surface area contributed by atoms with Crippen LogP contribution in [0, 0.1) is 0 Å². The summed E-state index contributed by atoms with van der Waals surface area (Å²) >= 11 is 0. The Bertz CT molecular complexity index is 531. The van der Waals surface area contributed by atoms with Crippen LogP contribution in [-0.2, 0) is 14.3 Å². The first-order valence-corrected chi connectivity index (χ1v) is 5.94. The molecule has 1 rings (SSSR count). The third-order valence-electron chi connectivity index (χ3n) is 3.08. The smallest absolute Gasteiger partial charge is 0.460 e. The van der Waals surface area contributed by atoms with Gasteiger partial charge < -0.3 is 9.84 Å². The fraction of sp³-hybridized carbons (Fsp3) is 0.636. The van der Waals surface area contributed by atoms with Crippen LogP contribution in [0.4, 0.5) is 30.7 Å². The minimum atomic E-state index is -6.70. The maximum absolute atomic E-state index is 13.7. The number of hydrogen-bond acceptors (Lipinski definition) is 4. The van der Waals surface area contributed by atoms with E-state index in [0.29, 0.717) is 6.08 Å². The van der Waals surface area contributed by atoms with Crippen LogP contribution in [0.1, 0.15) is 13.3 Å². The van der Waals surface area contributed by atoms with E-state index in [-0.39, 0.29) is 6.61 Å². The first-order valence-electron chi connectivity index (χ1n) is 5.94. The van der Waals surface area contributed by atoms with Crippen molar-refractivity contribution < 1.29 is 50.2 Å². The molecule has 1 aliphatic rings. The molecule has 23 heavy (non-hydrogen) atoms. The molecule has 1 unspecified atom stereocenters. The first-order chi connectivity index (χ1) is 10.3. The highest BCUT2D eigenvalue weighted by Crippen LogP contribution is 2.54. The molecule has 0 aromatic heterocycles. The first kappa shape index (κ1) is 19.2. The molecule has 0 fully saturated rings. The number of halogens is 7. The average Bonchev–Trinajstić information content (AvgIpc) is 2.76. The summed E-state index contributed by atoms with van der Waals surface area (Å²) in [5, 5.41) is 9.67. The van der Waals surface area contributed by atoms with Crippen molar-refractivity contribution in [2.75, 3.05) is 6.61 Å². The molecular formula is C11H10F7NO4. The van der Waals surface area contributed by atoms with Crippen molar-refractivity contribution in [1.82, 2.24) is 4.90 Å². The molecule has 0 aliphatic carbocycles. The molecule has 1 heterocycles. The standard InChI is InChI=1S/C11H10F7NO4/c1-2-23-7(21)6-3-4-8(22,19(6)5-20)9(12,13)10(14,15)11(16,17)18/h3,5,22H,2,4H2,1H3. The summed E-state index contributed by atoms with van der Waals surface area (Å²) in [4.78, 5) is 21.6. The van der Waals surface area contributed by atoms with Crippen LogP contribution in [-0.4, -0.2) is 52.7 Å². The fourth-order valence-electron chi connectivity index (χ4n) is 1.87. The Morgan fingerprint density at radius 3 is 2.26 bits per heavy atom. The number of amides is 1. The number of rotatable bonds is 5. The van der Waals surface area contributed by atoms with Gasteiger partial charge in [0.05, 0.1) is 6.61 Å². The quantitative estimate of drug-likeness (QED) is 0.465. The lowest BCUT2D eigenvalue weighted by Crippen LogP contribution is -2.68. The molecule has 1 atom stereocenters. The lowest BCUT2D eigenvalue weighted by atomic mass is 9.96. The van der Waals surface area contributed by atoms with Crippen LogP contribution in [0.15, 0.2) is 11.8 Å². The SMILES string of the molecule is CCOC(=O)C1=CCC(O)(C(F)(F)C(F)(F)C(F)(F)F)N1C=O. The van der Waals surface area contributed by atoms with Crippen molar-refractivity contribution in [3.63, 3.8) is 0 Å². The van der Waals surface area contributed by atoms with Crippen LogP contribution < -0.4 is 0 Å². The Balaban J connectivity index is 3.32. The molecule has 0 bridgehead atoms. The van der Waals surface area contributed by atoms with Crippen molar-refractivity contribution in [1.29, 1.82) is 0 Å². The summed E-state index contributed by atoms with van der Waals surface area (Å²) in [7, 11) is 0. The number of hydrogen-bond donors (Lipinski definition) is 1. The van der Waals surface area contributed by atoms with Crippen molar-refractivity contribution in [3.05, 3.63) is 11.8 Å². The number of ether oxygens (including phenoxy) is 1. The summed E-state index contributed by atoms with van der Waals surface area (Å²) < 4.78 is 94.6. The second-order valence-electron chi connectivity index (χ2n) is 4.45. The number of nitrogens with zero attached hydrogens (tertiary/aromatic N) is 1. The molecule has 12 heteroatoms. The van der Waals surface area contributed by atoms with Gasteiger partial charge in [-0.2, -0.15) is 30.7 Å². The van der Waals surface area contributed by atoms with Gasteiger partial charge in [-0.3, -0.25) is 9.69 Å². The number of aliphatic hydroxyl groups is 1. The van der Waals surface area contributed by atoms with Crippen molar-refractivity contribution in [2.45, 2.75) is 37.1 Å². The van der Waals surface area contributed by atoms with E-state index in [9.17, 15) is 45.4 Å². The van der Waals surface area contributed by atoms with Crippen LogP contribution in [0.25, 0.3) is 0 Å². The van der Waals surface area contributed by atoms with Crippen LogP contribution in [0.5, 0.6) is 0 Å². The Morgan fingerprint density at radius 2 is 1.87 bits per heavy atom. The molecular weight excluding hydrogens is 343 g/mol. The maximum atomic E-state index is 13.7. The van der Waals surface area contributed by atoms with E-state index >= 15 is 0 Å². The van der Waals surface area contributed by atoms with E-state index in [4.69, 9.17) is 0 Å². The second-order valence-corrected chi connectivity index (χ2v) is 4.45. The molecule has 0 radical (unpaired) electrons. The molecule has 132 valence electrons. The zero-order valence-electron chi connectivity index (χ0n) is 11.3. The minimum absolute atomic E-state index is 0.295. The lowest BCUT2D eigenvalue weighted by molar-refractivity contribution is -0.399. The Morgan fingerprint density at radius 1 is 1.35 bits per heavy atom. The van der Waals surface area contributed by atoms with E-state index < -0.39 is 53.1 Å². The molecule has 0 aromatic rings. The molecule has 1 N–H and O–H groups in total. The molecule has 0 saturated heterocycles. The predicted octanol–water partition coefficient (Wildman–Crippen LogP) is 1.82. The van der Waals surface area contributed by atoms with E-state index in [1.807, 2.05) is 0 Å². The number of carbonyl (C=O) groups is 2. The summed E-state index contributed by atoms with van der Waals surface area (Å²) in [6.07, 6.45) is -8.48. The van der Waals surface area contributed by atoms with E-state index in [2.05, 4.69) is 4.74 Å². The van der Waals surface area contributed by atoms with Gasteiger partial charge in [-0.15, -0.1) is 0 Å². The second kappa shape index (κ2) is 5.65. The highest BCUT2D eigenvalue weighted by Gasteiger charge is 2.81. The van der Waals surface area contributed by atoms with Crippen molar-refractivity contribution in [3.8, 4) is 0 Å². The highest BCUT2D eigenvalue weighted by atomic mass is 19.4. The topological polar surface area (TPSA) is 66.8 Å². The number of esters is 1. The van der Waals surface area contributed by atoms with Crippen molar-refractivity contribution >= 4 is 12.4 Å². The van der Waals surface area contributed by atoms with Gasteiger partial charge in [0.2, 0.25) is 12.1 Å². The monoisotopic (exact) mass is 353 g/mol. The Labute approximate surface area is 124 Å².